The van der Waals surface area contributed by atoms with Gasteiger partial charge in [0.2, 0.25) is 0 Å². The van der Waals surface area contributed by atoms with Gasteiger partial charge >= 0.3 is 0 Å². The van der Waals surface area contributed by atoms with E-state index in [1.165, 1.54) is 14.7 Å². The Balaban J connectivity index is 1.89. The summed E-state index contributed by atoms with van der Waals surface area (Å²) in [5.41, 5.74) is 1.15. The van der Waals surface area contributed by atoms with Crippen molar-refractivity contribution >= 4 is 43.7 Å². The number of hydrogen-bond acceptors (Lipinski definition) is 3. The van der Waals surface area contributed by atoms with E-state index in [4.69, 9.17) is 0 Å². The molecule has 0 fully saturated rings. The van der Waals surface area contributed by atoms with Crippen molar-refractivity contribution in [2.45, 2.75) is 6.54 Å². The Labute approximate surface area is 118 Å². The van der Waals surface area contributed by atoms with Crippen LogP contribution in [0.3, 0.4) is 0 Å². The predicted molar refractivity (Wildman–Crippen MR) is 81.1 cm³/mol. The SMILES string of the molecule is Brc1ccsc1CNc1cccc2cnccc12. The van der Waals surface area contributed by atoms with Crippen molar-refractivity contribution in [3.63, 3.8) is 0 Å². The fraction of sp³-hybridized carbons (Fsp3) is 0.0714. The lowest BCUT2D eigenvalue weighted by molar-refractivity contribution is 1.19. The molecule has 0 aliphatic carbocycles. The topological polar surface area (TPSA) is 24.9 Å². The van der Waals surface area contributed by atoms with E-state index in [2.05, 4.69) is 55.9 Å². The van der Waals surface area contributed by atoms with E-state index in [0.29, 0.717) is 0 Å². The molecule has 18 heavy (non-hydrogen) atoms. The molecule has 0 aliphatic heterocycles. The summed E-state index contributed by atoms with van der Waals surface area (Å²) < 4.78 is 1.17. The van der Waals surface area contributed by atoms with E-state index >= 15 is 0 Å². The molecule has 0 spiro atoms. The minimum Gasteiger partial charge on any atom is -0.380 e. The molecule has 2 heterocycles. The van der Waals surface area contributed by atoms with Crippen LogP contribution in [0.5, 0.6) is 0 Å². The van der Waals surface area contributed by atoms with E-state index in [1.54, 1.807) is 11.3 Å². The molecule has 3 rings (SSSR count). The molecule has 0 amide bonds. The molecule has 90 valence electrons. The molecule has 0 unspecified atom stereocenters. The van der Waals surface area contributed by atoms with Crippen LogP contribution in [0.15, 0.2) is 52.6 Å². The van der Waals surface area contributed by atoms with Gasteiger partial charge in [0.1, 0.15) is 0 Å². The number of nitrogens with one attached hydrogen (secondary N) is 1. The third-order valence-electron chi connectivity index (χ3n) is 2.81. The number of nitrogens with zero attached hydrogens (tertiary/aromatic N) is 1. The quantitative estimate of drug-likeness (QED) is 0.759. The van der Waals surface area contributed by atoms with Crippen LogP contribution >= 0.6 is 27.3 Å². The van der Waals surface area contributed by atoms with Crippen molar-refractivity contribution < 1.29 is 0 Å². The summed E-state index contributed by atoms with van der Waals surface area (Å²) in [4.78, 5) is 5.45. The Morgan fingerprint density at radius 2 is 2.17 bits per heavy atom. The zero-order valence-corrected chi connectivity index (χ0v) is 12.0. The molecule has 0 atom stereocenters. The van der Waals surface area contributed by atoms with Gasteiger partial charge < -0.3 is 5.32 Å². The molecule has 1 N–H and O–H groups in total. The number of rotatable bonds is 3. The first-order valence-electron chi connectivity index (χ1n) is 5.63. The van der Waals surface area contributed by atoms with Gasteiger partial charge in [-0.3, -0.25) is 4.98 Å². The second-order valence-electron chi connectivity index (χ2n) is 3.95. The van der Waals surface area contributed by atoms with Gasteiger partial charge in [-0.05, 0) is 39.5 Å². The van der Waals surface area contributed by atoms with E-state index in [-0.39, 0.29) is 0 Å². The molecule has 0 radical (unpaired) electrons. The van der Waals surface area contributed by atoms with Gasteiger partial charge in [0.05, 0.1) is 6.54 Å². The van der Waals surface area contributed by atoms with Gasteiger partial charge in [-0.2, -0.15) is 0 Å². The van der Waals surface area contributed by atoms with Crippen LogP contribution in [0.4, 0.5) is 5.69 Å². The van der Waals surface area contributed by atoms with Crippen LogP contribution in [-0.4, -0.2) is 4.98 Å². The number of benzene rings is 1. The first-order chi connectivity index (χ1) is 8.84. The molecule has 0 aliphatic rings. The standard InChI is InChI=1S/C14H11BrN2S/c15-12-5-7-18-14(12)9-17-13-3-1-2-10-8-16-6-4-11(10)13/h1-8,17H,9H2. The molecule has 2 aromatic heterocycles. The smallest absolute Gasteiger partial charge is 0.0505 e. The molecule has 0 saturated heterocycles. The summed E-state index contributed by atoms with van der Waals surface area (Å²) in [6.07, 6.45) is 3.72. The van der Waals surface area contributed by atoms with E-state index < -0.39 is 0 Å². The van der Waals surface area contributed by atoms with Crippen LogP contribution in [0, 0.1) is 0 Å². The predicted octanol–water partition coefficient (Wildman–Crippen LogP) is 4.67. The van der Waals surface area contributed by atoms with Crippen molar-refractivity contribution in [2.75, 3.05) is 5.32 Å². The van der Waals surface area contributed by atoms with Gasteiger partial charge in [-0.1, -0.05) is 12.1 Å². The minimum atomic E-state index is 0.833. The van der Waals surface area contributed by atoms with Crippen LogP contribution in [-0.2, 0) is 6.54 Å². The van der Waals surface area contributed by atoms with Crippen LogP contribution in [0.2, 0.25) is 0 Å². The van der Waals surface area contributed by atoms with Crippen molar-refractivity contribution in [3.8, 4) is 0 Å². The number of anilines is 1. The van der Waals surface area contributed by atoms with Gasteiger partial charge in [-0.15, -0.1) is 11.3 Å². The van der Waals surface area contributed by atoms with E-state index in [0.717, 1.165) is 17.6 Å². The third-order valence-corrected chi connectivity index (χ3v) is 4.74. The first-order valence-corrected chi connectivity index (χ1v) is 7.30. The first kappa shape index (κ1) is 11.7. The van der Waals surface area contributed by atoms with Crippen LogP contribution in [0.25, 0.3) is 10.8 Å². The number of thiophene rings is 1. The lowest BCUT2D eigenvalue weighted by Crippen LogP contribution is -1.98. The molecule has 0 bridgehead atoms. The van der Waals surface area contributed by atoms with Gasteiger partial charge in [-0.25, -0.2) is 0 Å². The van der Waals surface area contributed by atoms with Crippen LogP contribution < -0.4 is 5.32 Å². The number of halogens is 1. The second kappa shape index (κ2) is 5.08. The monoisotopic (exact) mass is 318 g/mol. The summed E-state index contributed by atoms with van der Waals surface area (Å²) in [5.74, 6) is 0. The Bertz CT molecular complexity index is 673. The Morgan fingerprint density at radius 1 is 1.22 bits per heavy atom. The third kappa shape index (κ3) is 2.26. The molecular weight excluding hydrogens is 308 g/mol. The Morgan fingerprint density at radius 3 is 3.00 bits per heavy atom. The Kier molecular flexibility index (Phi) is 3.30. The second-order valence-corrected chi connectivity index (χ2v) is 5.80. The number of pyridine rings is 1. The highest BCUT2D eigenvalue weighted by atomic mass is 79.9. The average molecular weight is 319 g/mol. The lowest BCUT2D eigenvalue weighted by atomic mass is 10.1. The average Bonchev–Trinajstić information content (AvgIpc) is 2.82. The molecular formula is C14H11BrN2S. The van der Waals surface area contributed by atoms with Crippen molar-refractivity contribution in [1.29, 1.82) is 0 Å². The largest absolute Gasteiger partial charge is 0.380 e. The molecule has 3 aromatic rings. The zero-order valence-electron chi connectivity index (χ0n) is 9.56. The summed E-state index contributed by atoms with van der Waals surface area (Å²) in [7, 11) is 0. The summed E-state index contributed by atoms with van der Waals surface area (Å²) in [5, 5.41) is 7.94. The summed E-state index contributed by atoms with van der Waals surface area (Å²) >= 11 is 5.30. The molecule has 4 heteroatoms. The highest BCUT2D eigenvalue weighted by molar-refractivity contribution is 9.10. The maximum absolute atomic E-state index is 4.14. The minimum absolute atomic E-state index is 0.833. The highest BCUT2D eigenvalue weighted by Gasteiger charge is 2.03. The molecule has 0 saturated carbocycles. The highest BCUT2D eigenvalue weighted by Crippen LogP contribution is 2.26. The summed E-state index contributed by atoms with van der Waals surface area (Å²) in [6, 6.07) is 10.4. The van der Waals surface area contributed by atoms with Gasteiger partial charge in [0.25, 0.3) is 0 Å². The van der Waals surface area contributed by atoms with Crippen molar-refractivity contribution in [2.24, 2.45) is 0 Å². The molecule has 1 aromatic carbocycles. The van der Waals surface area contributed by atoms with E-state index in [9.17, 15) is 0 Å². The Hall–Kier alpha value is -1.39. The zero-order chi connectivity index (χ0) is 12.4. The lowest BCUT2D eigenvalue weighted by Gasteiger charge is -2.08. The van der Waals surface area contributed by atoms with Crippen molar-refractivity contribution in [1.82, 2.24) is 4.98 Å². The van der Waals surface area contributed by atoms with E-state index in [1.807, 2.05) is 18.5 Å². The fourth-order valence-corrected chi connectivity index (χ4v) is 3.34. The van der Waals surface area contributed by atoms with Gasteiger partial charge in [0.15, 0.2) is 0 Å². The maximum Gasteiger partial charge on any atom is 0.0505 e. The molecule has 2 nitrogen and oxygen atoms in total. The van der Waals surface area contributed by atoms with Crippen LogP contribution in [0.1, 0.15) is 4.88 Å². The maximum atomic E-state index is 4.14. The van der Waals surface area contributed by atoms with Crippen molar-refractivity contribution in [3.05, 3.63) is 57.5 Å². The number of hydrogen-bond donors (Lipinski definition) is 1. The number of aromatic nitrogens is 1. The van der Waals surface area contributed by atoms with Gasteiger partial charge in [0, 0.05) is 38.2 Å². The number of fused-ring (bicyclic) bond motifs is 1. The fourth-order valence-electron chi connectivity index (χ4n) is 1.90. The summed E-state index contributed by atoms with van der Waals surface area (Å²) in [6.45, 7) is 0.833. The normalized spacial score (nSPS) is 10.7.